The summed E-state index contributed by atoms with van der Waals surface area (Å²) in [5.74, 6) is 0. The van der Waals surface area contributed by atoms with Gasteiger partial charge in [-0.05, 0) is 48.9 Å². The van der Waals surface area contributed by atoms with E-state index in [-0.39, 0.29) is 5.41 Å². The van der Waals surface area contributed by atoms with Gasteiger partial charge in [-0.1, -0.05) is 25.4 Å². The molecule has 1 unspecified atom stereocenters. The summed E-state index contributed by atoms with van der Waals surface area (Å²) in [5.41, 5.74) is 0.792. The molecule has 0 bridgehead atoms. The monoisotopic (exact) mass is 248 g/mol. The van der Waals surface area contributed by atoms with Crippen LogP contribution in [-0.2, 0) is 0 Å². The molecule has 0 aliphatic heterocycles. The Balaban J connectivity index is 2.17. The minimum absolute atomic E-state index is 0.245. The summed E-state index contributed by atoms with van der Waals surface area (Å²) in [6.07, 6.45) is 2.87. The molecule has 3 heteroatoms. The average Bonchev–Trinajstić information content (AvgIpc) is 2.59. The number of hydrogen-bond donors (Lipinski definition) is 1. The summed E-state index contributed by atoms with van der Waals surface area (Å²) in [6.45, 7) is 4.44. The predicted octanol–water partition coefficient (Wildman–Crippen LogP) is 4.22. The predicted molar refractivity (Wildman–Crippen MR) is 71.1 cm³/mol. The number of anilines is 1. The third-order valence-corrected chi connectivity index (χ3v) is 3.70. The molecular formula is C14H17ClN2. The van der Waals surface area contributed by atoms with Gasteiger partial charge in [0.25, 0.3) is 0 Å². The van der Waals surface area contributed by atoms with Gasteiger partial charge in [-0.25, -0.2) is 0 Å². The van der Waals surface area contributed by atoms with E-state index in [0.29, 0.717) is 5.02 Å². The Morgan fingerprint density at radius 3 is 2.35 bits per heavy atom. The number of nitrogens with one attached hydrogen (secondary N) is 1. The Kier molecular flexibility index (Phi) is 3.05. The second-order valence-electron chi connectivity index (χ2n) is 5.67. The van der Waals surface area contributed by atoms with Crippen molar-refractivity contribution >= 4 is 17.3 Å². The lowest BCUT2D eigenvalue weighted by Crippen LogP contribution is -2.34. The first-order chi connectivity index (χ1) is 7.95. The highest BCUT2D eigenvalue weighted by molar-refractivity contribution is 6.30. The van der Waals surface area contributed by atoms with E-state index in [0.717, 1.165) is 24.9 Å². The quantitative estimate of drug-likeness (QED) is 0.850. The van der Waals surface area contributed by atoms with Crippen molar-refractivity contribution in [2.45, 2.75) is 38.6 Å². The van der Waals surface area contributed by atoms with Crippen LogP contribution >= 0.6 is 11.6 Å². The molecule has 1 aromatic carbocycles. The van der Waals surface area contributed by atoms with Crippen LogP contribution in [0.15, 0.2) is 24.3 Å². The number of nitrogens with zero attached hydrogens (tertiary/aromatic N) is 1. The maximum atomic E-state index is 9.43. The van der Waals surface area contributed by atoms with Crippen LogP contribution < -0.4 is 5.32 Å². The molecular weight excluding hydrogens is 232 g/mol. The fourth-order valence-electron chi connectivity index (χ4n) is 2.59. The lowest BCUT2D eigenvalue weighted by atomic mass is 9.88. The standard InChI is InChI=1S/C14H17ClN2/c1-13(2)7-8-14(9-13,10-16)17-12-5-3-11(15)4-6-12/h3-6,17H,7-9H2,1-2H3. The van der Waals surface area contributed by atoms with Gasteiger partial charge >= 0.3 is 0 Å². The number of benzene rings is 1. The first-order valence-electron chi connectivity index (χ1n) is 5.90. The molecule has 1 fully saturated rings. The summed E-state index contributed by atoms with van der Waals surface area (Å²) in [5, 5.41) is 13.5. The second-order valence-corrected chi connectivity index (χ2v) is 6.10. The molecule has 1 aliphatic rings. The molecule has 0 spiro atoms. The second kappa shape index (κ2) is 4.23. The van der Waals surface area contributed by atoms with E-state index in [2.05, 4.69) is 25.2 Å². The van der Waals surface area contributed by atoms with Gasteiger partial charge in [-0.2, -0.15) is 5.26 Å². The van der Waals surface area contributed by atoms with Gasteiger partial charge in [0.05, 0.1) is 6.07 Å². The Hall–Kier alpha value is -1.20. The lowest BCUT2D eigenvalue weighted by molar-refractivity contribution is 0.368. The Labute approximate surface area is 108 Å². The smallest absolute Gasteiger partial charge is 0.125 e. The minimum atomic E-state index is -0.419. The third-order valence-electron chi connectivity index (χ3n) is 3.45. The van der Waals surface area contributed by atoms with Gasteiger partial charge in [-0.3, -0.25) is 0 Å². The van der Waals surface area contributed by atoms with Gasteiger partial charge in [0.15, 0.2) is 0 Å². The van der Waals surface area contributed by atoms with Crippen LogP contribution in [0.5, 0.6) is 0 Å². The fraction of sp³-hybridized carbons (Fsp3) is 0.500. The van der Waals surface area contributed by atoms with Gasteiger partial charge in [0.1, 0.15) is 5.54 Å². The van der Waals surface area contributed by atoms with Crippen molar-refractivity contribution in [1.82, 2.24) is 0 Å². The molecule has 0 radical (unpaired) electrons. The molecule has 2 nitrogen and oxygen atoms in total. The average molecular weight is 249 g/mol. The van der Waals surface area contributed by atoms with Gasteiger partial charge in [-0.15, -0.1) is 0 Å². The van der Waals surface area contributed by atoms with Crippen LogP contribution in [0, 0.1) is 16.7 Å². The minimum Gasteiger partial charge on any atom is -0.367 e. The first kappa shape index (κ1) is 12.3. The number of hydrogen-bond acceptors (Lipinski definition) is 2. The summed E-state index contributed by atoms with van der Waals surface area (Å²) < 4.78 is 0. The normalized spacial score (nSPS) is 26.5. The topological polar surface area (TPSA) is 35.8 Å². The summed E-state index contributed by atoms with van der Waals surface area (Å²) in [6, 6.07) is 9.98. The number of rotatable bonds is 2. The van der Waals surface area contributed by atoms with Gasteiger partial charge in [0.2, 0.25) is 0 Å². The maximum absolute atomic E-state index is 9.43. The van der Waals surface area contributed by atoms with Crippen molar-refractivity contribution in [2.75, 3.05) is 5.32 Å². The molecule has 2 rings (SSSR count). The van der Waals surface area contributed by atoms with E-state index in [1.807, 2.05) is 24.3 Å². The SMILES string of the molecule is CC1(C)CCC(C#N)(Nc2ccc(Cl)cc2)C1. The summed E-state index contributed by atoms with van der Waals surface area (Å²) in [7, 11) is 0. The van der Waals surface area contributed by atoms with Gasteiger partial charge in [0, 0.05) is 10.7 Å². The fourth-order valence-corrected chi connectivity index (χ4v) is 2.71. The van der Waals surface area contributed by atoms with Gasteiger partial charge < -0.3 is 5.32 Å². The van der Waals surface area contributed by atoms with Crippen molar-refractivity contribution in [2.24, 2.45) is 5.41 Å². The molecule has 90 valence electrons. The molecule has 0 aromatic heterocycles. The van der Waals surface area contributed by atoms with Crippen molar-refractivity contribution < 1.29 is 0 Å². The van der Waals surface area contributed by atoms with Crippen LogP contribution in [0.1, 0.15) is 33.1 Å². The zero-order valence-electron chi connectivity index (χ0n) is 10.3. The van der Waals surface area contributed by atoms with E-state index >= 15 is 0 Å². The van der Waals surface area contributed by atoms with E-state index in [1.54, 1.807) is 0 Å². The van der Waals surface area contributed by atoms with Crippen LogP contribution in [0.4, 0.5) is 5.69 Å². The highest BCUT2D eigenvalue weighted by atomic mass is 35.5. The Morgan fingerprint density at radius 2 is 1.88 bits per heavy atom. The van der Waals surface area contributed by atoms with Crippen molar-refractivity contribution in [3.63, 3.8) is 0 Å². The van der Waals surface area contributed by atoms with E-state index in [9.17, 15) is 5.26 Å². The van der Waals surface area contributed by atoms with Crippen molar-refractivity contribution in [3.8, 4) is 6.07 Å². The summed E-state index contributed by atoms with van der Waals surface area (Å²) >= 11 is 5.85. The molecule has 1 atom stereocenters. The van der Waals surface area contributed by atoms with Crippen molar-refractivity contribution in [3.05, 3.63) is 29.3 Å². The molecule has 1 saturated carbocycles. The lowest BCUT2D eigenvalue weighted by Gasteiger charge is -2.26. The Bertz CT molecular complexity index is 444. The number of nitriles is 1. The molecule has 0 heterocycles. The third kappa shape index (κ3) is 2.73. The van der Waals surface area contributed by atoms with Crippen molar-refractivity contribution in [1.29, 1.82) is 5.26 Å². The van der Waals surface area contributed by atoms with Crippen LogP contribution in [0.3, 0.4) is 0 Å². The van der Waals surface area contributed by atoms with Crippen LogP contribution in [0.2, 0.25) is 5.02 Å². The van der Waals surface area contributed by atoms with E-state index < -0.39 is 5.54 Å². The molecule has 1 aliphatic carbocycles. The molecule has 0 saturated heterocycles. The molecule has 1 N–H and O–H groups in total. The maximum Gasteiger partial charge on any atom is 0.125 e. The first-order valence-corrected chi connectivity index (χ1v) is 6.28. The highest BCUT2D eigenvalue weighted by Crippen LogP contribution is 2.44. The van der Waals surface area contributed by atoms with Crippen LogP contribution in [0.25, 0.3) is 0 Å². The highest BCUT2D eigenvalue weighted by Gasteiger charge is 2.43. The molecule has 17 heavy (non-hydrogen) atoms. The molecule has 0 amide bonds. The number of halogens is 1. The van der Waals surface area contributed by atoms with E-state index in [4.69, 9.17) is 11.6 Å². The largest absolute Gasteiger partial charge is 0.367 e. The van der Waals surface area contributed by atoms with E-state index in [1.165, 1.54) is 0 Å². The zero-order valence-corrected chi connectivity index (χ0v) is 11.0. The molecule has 1 aromatic rings. The van der Waals surface area contributed by atoms with Crippen LogP contribution in [-0.4, -0.2) is 5.54 Å². The summed E-state index contributed by atoms with van der Waals surface area (Å²) in [4.78, 5) is 0. The zero-order chi connectivity index (χ0) is 12.5. The Morgan fingerprint density at radius 1 is 1.24 bits per heavy atom.